The van der Waals surface area contributed by atoms with Crippen LogP contribution in [0.4, 0.5) is 0 Å². The van der Waals surface area contributed by atoms with E-state index in [9.17, 15) is 10.4 Å². The monoisotopic (exact) mass is 265 g/mol. The summed E-state index contributed by atoms with van der Waals surface area (Å²) in [6.07, 6.45) is 7.71. The van der Waals surface area contributed by atoms with Crippen molar-refractivity contribution < 1.29 is 9.84 Å². The van der Waals surface area contributed by atoms with Gasteiger partial charge in [0.05, 0.1) is 29.8 Å². The van der Waals surface area contributed by atoms with Crippen LogP contribution in [0.2, 0.25) is 0 Å². The molecule has 0 spiro atoms. The molecule has 0 bridgehead atoms. The summed E-state index contributed by atoms with van der Waals surface area (Å²) in [7, 11) is 0. The maximum atomic E-state index is 10.6. The van der Waals surface area contributed by atoms with Crippen molar-refractivity contribution in [3.05, 3.63) is 0 Å². The van der Waals surface area contributed by atoms with E-state index in [-0.39, 0.29) is 12.2 Å². The van der Waals surface area contributed by atoms with E-state index in [1.54, 1.807) is 0 Å². The highest BCUT2D eigenvalue weighted by atomic mass is 16.5. The van der Waals surface area contributed by atoms with Crippen molar-refractivity contribution in [1.29, 1.82) is 5.26 Å². The summed E-state index contributed by atoms with van der Waals surface area (Å²) in [5.41, 5.74) is -0.557. The molecule has 0 amide bonds. The van der Waals surface area contributed by atoms with Crippen LogP contribution in [0.3, 0.4) is 0 Å². The summed E-state index contributed by atoms with van der Waals surface area (Å²) in [6, 6.07) is 2.44. The van der Waals surface area contributed by atoms with Gasteiger partial charge in [-0.25, -0.2) is 0 Å². The Balaban J connectivity index is 1.98. The Hall–Kier alpha value is -0.590. The van der Waals surface area contributed by atoms with Crippen molar-refractivity contribution in [1.82, 2.24) is 0 Å². The van der Waals surface area contributed by atoms with Crippen LogP contribution in [0.5, 0.6) is 0 Å². The molecule has 3 atom stereocenters. The quantitative estimate of drug-likeness (QED) is 0.847. The Morgan fingerprint density at radius 3 is 2.47 bits per heavy atom. The van der Waals surface area contributed by atoms with E-state index in [0.29, 0.717) is 0 Å². The number of hydrogen-bond donors (Lipinski definition) is 1. The lowest BCUT2D eigenvalue weighted by molar-refractivity contribution is -0.0848. The highest BCUT2D eigenvalue weighted by molar-refractivity contribution is 5.08. The van der Waals surface area contributed by atoms with Crippen molar-refractivity contribution in [3.8, 4) is 6.07 Å². The van der Waals surface area contributed by atoms with Crippen molar-refractivity contribution in [2.45, 2.75) is 83.5 Å². The molecular weight excluding hydrogens is 238 g/mol. The molecule has 0 radical (unpaired) electrons. The Bertz CT molecular complexity index is 328. The standard InChI is InChI=1S/C16H27NO2/c1-3-4-13-7-9-16(11-17,10-8-13)15(18)14-6-5-12(2)19-14/h12-15,18H,3-10H2,1-2H3. The first-order valence-corrected chi connectivity index (χ1v) is 7.86. The second kappa shape index (κ2) is 6.24. The lowest BCUT2D eigenvalue weighted by atomic mass is 9.66. The number of nitriles is 1. The van der Waals surface area contributed by atoms with Crippen molar-refractivity contribution in [3.63, 3.8) is 0 Å². The first-order chi connectivity index (χ1) is 9.11. The van der Waals surface area contributed by atoms with Crippen LogP contribution in [0, 0.1) is 22.7 Å². The molecule has 1 N–H and O–H groups in total. The topological polar surface area (TPSA) is 53.2 Å². The van der Waals surface area contributed by atoms with E-state index in [1.165, 1.54) is 12.8 Å². The molecule has 0 aromatic rings. The van der Waals surface area contributed by atoms with Gasteiger partial charge in [-0.15, -0.1) is 0 Å². The zero-order valence-electron chi connectivity index (χ0n) is 12.3. The molecule has 2 fully saturated rings. The third kappa shape index (κ3) is 3.12. The summed E-state index contributed by atoms with van der Waals surface area (Å²) in [4.78, 5) is 0. The predicted molar refractivity (Wildman–Crippen MR) is 74.5 cm³/mol. The van der Waals surface area contributed by atoms with E-state index >= 15 is 0 Å². The molecule has 2 rings (SSSR count). The summed E-state index contributed by atoms with van der Waals surface area (Å²) < 4.78 is 5.78. The van der Waals surface area contributed by atoms with Gasteiger partial charge < -0.3 is 9.84 Å². The number of rotatable bonds is 4. The molecule has 2 aliphatic rings. The van der Waals surface area contributed by atoms with Crippen LogP contribution in [0.15, 0.2) is 0 Å². The first kappa shape index (κ1) is 14.8. The van der Waals surface area contributed by atoms with Crippen LogP contribution >= 0.6 is 0 Å². The third-order valence-corrected chi connectivity index (χ3v) is 5.10. The fraction of sp³-hybridized carbons (Fsp3) is 0.938. The maximum absolute atomic E-state index is 10.6. The highest BCUT2D eigenvalue weighted by Crippen LogP contribution is 2.45. The number of aliphatic hydroxyl groups excluding tert-OH is 1. The fourth-order valence-corrected chi connectivity index (χ4v) is 3.78. The smallest absolute Gasteiger partial charge is 0.0987 e. The van der Waals surface area contributed by atoms with Gasteiger partial charge in [-0.2, -0.15) is 5.26 Å². The van der Waals surface area contributed by atoms with Crippen LogP contribution in [-0.4, -0.2) is 23.4 Å². The van der Waals surface area contributed by atoms with E-state index < -0.39 is 11.5 Å². The Labute approximate surface area is 117 Å². The zero-order chi connectivity index (χ0) is 13.9. The zero-order valence-corrected chi connectivity index (χ0v) is 12.3. The van der Waals surface area contributed by atoms with Gasteiger partial charge in [0.2, 0.25) is 0 Å². The number of ether oxygens (including phenoxy) is 1. The lowest BCUT2D eigenvalue weighted by Crippen LogP contribution is -2.44. The van der Waals surface area contributed by atoms with E-state index in [2.05, 4.69) is 13.0 Å². The van der Waals surface area contributed by atoms with Gasteiger partial charge in [0.25, 0.3) is 0 Å². The average Bonchev–Trinajstić information content (AvgIpc) is 2.86. The Morgan fingerprint density at radius 1 is 1.32 bits per heavy atom. The number of nitrogens with zero attached hydrogens (tertiary/aromatic N) is 1. The minimum atomic E-state index is -0.606. The van der Waals surface area contributed by atoms with Crippen LogP contribution in [-0.2, 0) is 4.74 Å². The highest BCUT2D eigenvalue weighted by Gasteiger charge is 2.46. The van der Waals surface area contributed by atoms with E-state index in [0.717, 1.165) is 44.4 Å². The normalized spacial score (nSPS) is 40.8. The minimum Gasteiger partial charge on any atom is -0.389 e. The molecule has 1 heterocycles. The average molecular weight is 265 g/mol. The molecule has 3 unspecified atom stereocenters. The number of aliphatic hydroxyl groups is 1. The van der Waals surface area contributed by atoms with Crippen molar-refractivity contribution in [2.75, 3.05) is 0 Å². The largest absolute Gasteiger partial charge is 0.389 e. The molecule has 0 aromatic heterocycles. The molecule has 1 saturated heterocycles. The van der Waals surface area contributed by atoms with Gasteiger partial charge in [0, 0.05) is 0 Å². The predicted octanol–water partition coefficient (Wildman–Crippen LogP) is 3.42. The van der Waals surface area contributed by atoms with E-state index in [1.807, 2.05) is 6.92 Å². The summed E-state index contributed by atoms with van der Waals surface area (Å²) in [5, 5.41) is 20.2. The molecule has 3 heteroatoms. The molecule has 1 aliphatic carbocycles. The fourth-order valence-electron chi connectivity index (χ4n) is 3.78. The van der Waals surface area contributed by atoms with Gasteiger partial charge in [-0.3, -0.25) is 0 Å². The SMILES string of the molecule is CCCC1CCC(C#N)(C(O)C2CCC(C)O2)CC1. The summed E-state index contributed by atoms with van der Waals surface area (Å²) >= 11 is 0. The minimum absolute atomic E-state index is 0.127. The molecule has 1 aliphatic heterocycles. The maximum Gasteiger partial charge on any atom is 0.0987 e. The van der Waals surface area contributed by atoms with Crippen LogP contribution in [0.1, 0.15) is 65.2 Å². The molecule has 108 valence electrons. The van der Waals surface area contributed by atoms with Crippen LogP contribution < -0.4 is 0 Å². The lowest BCUT2D eigenvalue weighted by Gasteiger charge is -2.40. The van der Waals surface area contributed by atoms with Crippen molar-refractivity contribution >= 4 is 0 Å². The first-order valence-electron chi connectivity index (χ1n) is 7.86. The second-order valence-corrected chi connectivity index (χ2v) is 6.51. The Kier molecular flexibility index (Phi) is 4.86. The van der Waals surface area contributed by atoms with Gasteiger partial charge in [-0.1, -0.05) is 19.8 Å². The molecule has 1 saturated carbocycles. The van der Waals surface area contributed by atoms with Crippen LogP contribution in [0.25, 0.3) is 0 Å². The molecular formula is C16H27NO2. The third-order valence-electron chi connectivity index (χ3n) is 5.10. The molecule has 0 aromatic carbocycles. The van der Waals surface area contributed by atoms with E-state index in [4.69, 9.17) is 4.74 Å². The van der Waals surface area contributed by atoms with Gasteiger partial charge in [-0.05, 0) is 51.4 Å². The Morgan fingerprint density at radius 2 is 2.00 bits per heavy atom. The second-order valence-electron chi connectivity index (χ2n) is 6.51. The molecule has 3 nitrogen and oxygen atoms in total. The van der Waals surface area contributed by atoms with Gasteiger partial charge >= 0.3 is 0 Å². The number of hydrogen-bond acceptors (Lipinski definition) is 3. The van der Waals surface area contributed by atoms with Gasteiger partial charge in [0.1, 0.15) is 0 Å². The molecule has 19 heavy (non-hydrogen) atoms. The van der Waals surface area contributed by atoms with Gasteiger partial charge in [0.15, 0.2) is 0 Å². The summed E-state index contributed by atoms with van der Waals surface area (Å²) in [6.45, 7) is 4.26. The summed E-state index contributed by atoms with van der Waals surface area (Å²) in [5.74, 6) is 0.752. The van der Waals surface area contributed by atoms with Crippen molar-refractivity contribution in [2.24, 2.45) is 11.3 Å².